The van der Waals surface area contributed by atoms with Crippen LogP contribution in [0, 0.1) is 5.92 Å². The van der Waals surface area contributed by atoms with Crippen LogP contribution in [0.5, 0.6) is 0 Å². The summed E-state index contributed by atoms with van der Waals surface area (Å²) in [5.74, 6) is 0.960. The summed E-state index contributed by atoms with van der Waals surface area (Å²) < 4.78 is 5.12. The first-order chi connectivity index (χ1) is 8.99. The largest absolute Gasteiger partial charge is 0.467 e. The lowest BCUT2D eigenvalue weighted by Gasteiger charge is -2.21. The van der Waals surface area contributed by atoms with Gasteiger partial charge < -0.3 is 14.6 Å². The van der Waals surface area contributed by atoms with Crippen molar-refractivity contribution in [3.05, 3.63) is 24.2 Å². The molecule has 1 rings (SSSR count). The highest BCUT2D eigenvalue weighted by molar-refractivity contribution is 5.83. The van der Waals surface area contributed by atoms with Gasteiger partial charge in [0.25, 0.3) is 0 Å². The van der Waals surface area contributed by atoms with Crippen molar-refractivity contribution in [2.24, 2.45) is 5.92 Å². The summed E-state index contributed by atoms with van der Waals surface area (Å²) >= 11 is 0. The molecule has 1 aromatic rings. The minimum absolute atomic E-state index is 0.0752. The molecule has 19 heavy (non-hydrogen) atoms. The van der Waals surface area contributed by atoms with E-state index in [0.717, 1.165) is 6.42 Å². The van der Waals surface area contributed by atoms with E-state index in [-0.39, 0.29) is 18.4 Å². The van der Waals surface area contributed by atoms with Crippen molar-refractivity contribution in [3.8, 4) is 0 Å². The number of carbonyl (C=O) groups excluding carboxylic acids is 2. The van der Waals surface area contributed by atoms with E-state index in [1.165, 1.54) is 6.92 Å². The predicted molar refractivity (Wildman–Crippen MR) is 72.3 cm³/mol. The molecule has 0 saturated carbocycles. The van der Waals surface area contributed by atoms with Gasteiger partial charge in [-0.25, -0.2) is 0 Å². The molecule has 0 aromatic carbocycles. The monoisotopic (exact) mass is 266 g/mol. The quantitative estimate of drug-likeness (QED) is 0.818. The minimum atomic E-state index is -0.171. The lowest BCUT2D eigenvalue weighted by atomic mass is 10.1. The first-order valence-corrected chi connectivity index (χ1v) is 6.53. The standard InChI is InChI=1S/C14H22N2O3/c1-11(2)6-7-16(12(3)17)10-14(18)15-9-13-5-4-8-19-13/h4-5,8,11H,6-7,9-10H2,1-3H3,(H,15,18). The Hall–Kier alpha value is -1.78. The van der Waals surface area contributed by atoms with Crippen molar-refractivity contribution in [2.75, 3.05) is 13.1 Å². The van der Waals surface area contributed by atoms with Crippen molar-refractivity contribution in [1.82, 2.24) is 10.2 Å². The molecule has 0 atom stereocenters. The van der Waals surface area contributed by atoms with E-state index in [0.29, 0.717) is 24.8 Å². The van der Waals surface area contributed by atoms with Crippen LogP contribution in [0.3, 0.4) is 0 Å². The van der Waals surface area contributed by atoms with Gasteiger partial charge in [0.1, 0.15) is 5.76 Å². The highest BCUT2D eigenvalue weighted by Crippen LogP contribution is 2.03. The van der Waals surface area contributed by atoms with Crippen molar-refractivity contribution in [2.45, 2.75) is 33.7 Å². The molecule has 0 saturated heterocycles. The fourth-order valence-corrected chi connectivity index (χ4v) is 1.59. The zero-order valence-corrected chi connectivity index (χ0v) is 11.8. The van der Waals surface area contributed by atoms with E-state index in [2.05, 4.69) is 19.2 Å². The average molecular weight is 266 g/mol. The number of carbonyl (C=O) groups is 2. The Balaban J connectivity index is 2.36. The maximum atomic E-state index is 11.8. The van der Waals surface area contributed by atoms with Crippen LogP contribution in [0.1, 0.15) is 33.0 Å². The summed E-state index contributed by atoms with van der Waals surface area (Å²) in [6.45, 7) is 6.73. The van der Waals surface area contributed by atoms with E-state index in [1.54, 1.807) is 23.3 Å². The van der Waals surface area contributed by atoms with Crippen LogP contribution < -0.4 is 5.32 Å². The van der Waals surface area contributed by atoms with Gasteiger partial charge in [-0.05, 0) is 24.5 Å². The van der Waals surface area contributed by atoms with Crippen LogP contribution in [0.15, 0.2) is 22.8 Å². The highest BCUT2D eigenvalue weighted by Gasteiger charge is 2.13. The third-order valence-corrected chi connectivity index (χ3v) is 2.80. The Morgan fingerprint density at radius 3 is 2.68 bits per heavy atom. The molecule has 1 aromatic heterocycles. The Bertz CT molecular complexity index is 399. The third-order valence-electron chi connectivity index (χ3n) is 2.80. The molecule has 0 fully saturated rings. The fourth-order valence-electron chi connectivity index (χ4n) is 1.59. The van der Waals surface area contributed by atoms with Crippen molar-refractivity contribution < 1.29 is 14.0 Å². The first-order valence-electron chi connectivity index (χ1n) is 6.53. The predicted octanol–water partition coefficient (Wildman–Crippen LogP) is 1.79. The molecule has 1 N–H and O–H groups in total. The van der Waals surface area contributed by atoms with E-state index >= 15 is 0 Å². The van der Waals surface area contributed by atoms with E-state index in [1.807, 2.05) is 0 Å². The Morgan fingerprint density at radius 2 is 2.16 bits per heavy atom. The van der Waals surface area contributed by atoms with Crippen LogP contribution in [0.25, 0.3) is 0 Å². The van der Waals surface area contributed by atoms with Gasteiger partial charge in [-0.3, -0.25) is 9.59 Å². The maximum absolute atomic E-state index is 11.8. The normalized spacial score (nSPS) is 10.5. The number of amides is 2. The van der Waals surface area contributed by atoms with Gasteiger partial charge in [-0.15, -0.1) is 0 Å². The van der Waals surface area contributed by atoms with E-state index < -0.39 is 0 Å². The summed E-state index contributed by atoms with van der Waals surface area (Å²) in [6, 6.07) is 3.56. The molecule has 2 amide bonds. The summed E-state index contributed by atoms with van der Waals surface area (Å²) in [7, 11) is 0. The van der Waals surface area contributed by atoms with Crippen molar-refractivity contribution in [1.29, 1.82) is 0 Å². The average Bonchev–Trinajstić information content (AvgIpc) is 2.84. The van der Waals surface area contributed by atoms with Crippen LogP contribution in [-0.2, 0) is 16.1 Å². The van der Waals surface area contributed by atoms with Crippen LogP contribution in [0.2, 0.25) is 0 Å². The summed E-state index contributed by atoms with van der Waals surface area (Å²) in [4.78, 5) is 24.8. The van der Waals surface area contributed by atoms with Crippen LogP contribution >= 0.6 is 0 Å². The van der Waals surface area contributed by atoms with Gasteiger partial charge in [-0.2, -0.15) is 0 Å². The summed E-state index contributed by atoms with van der Waals surface area (Å²) in [6.07, 6.45) is 2.46. The molecule has 0 bridgehead atoms. The fraction of sp³-hybridized carbons (Fsp3) is 0.571. The number of furan rings is 1. The molecule has 106 valence electrons. The zero-order chi connectivity index (χ0) is 14.3. The molecule has 1 heterocycles. The van der Waals surface area contributed by atoms with Gasteiger partial charge in [0.2, 0.25) is 11.8 Å². The first kappa shape index (κ1) is 15.3. The molecule has 0 radical (unpaired) electrons. The van der Waals surface area contributed by atoms with E-state index in [4.69, 9.17) is 4.42 Å². The second kappa shape index (κ2) is 7.61. The molecular weight excluding hydrogens is 244 g/mol. The van der Waals surface area contributed by atoms with Gasteiger partial charge in [0.05, 0.1) is 19.4 Å². The Morgan fingerprint density at radius 1 is 1.42 bits per heavy atom. The molecule has 0 aliphatic carbocycles. The van der Waals surface area contributed by atoms with Gasteiger partial charge in [0.15, 0.2) is 0 Å². The molecule has 5 nitrogen and oxygen atoms in total. The van der Waals surface area contributed by atoms with Gasteiger partial charge >= 0.3 is 0 Å². The number of rotatable bonds is 7. The number of hydrogen-bond acceptors (Lipinski definition) is 3. The Labute approximate surface area is 114 Å². The molecule has 0 aliphatic rings. The number of nitrogens with zero attached hydrogens (tertiary/aromatic N) is 1. The van der Waals surface area contributed by atoms with Crippen LogP contribution in [-0.4, -0.2) is 29.8 Å². The third kappa shape index (κ3) is 6.08. The van der Waals surface area contributed by atoms with Crippen molar-refractivity contribution in [3.63, 3.8) is 0 Å². The molecule has 0 aliphatic heterocycles. The molecule has 0 unspecified atom stereocenters. The van der Waals surface area contributed by atoms with Gasteiger partial charge in [-0.1, -0.05) is 13.8 Å². The van der Waals surface area contributed by atoms with Gasteiger partial charge in [0, 0.05) is 13.5 Å². The lowest BCUT2D eigenvalue weighted by Crippen LogP contribution is -2.40. The second-order valence-electron chi connectivity index (χ2n) is 4.98. The van der Waals surface area contributed by atoms with Crippen LogP contribution in [0.4, 0.5) is 0 Å². The molecular formula is C14H22N2O3. The van der Waals surface area contributed by atoms with E-state index in [9.17, 15) is 9.59 Å². The second-order valence-corrected chi connectivity index (χ2v) is 4.98. The zero-order valence-electron chi connectivity index (χ0n) is 11.8. The minimum Gasteiger partial charge on any atom is -0.467 e. The van der Waals surface area contributed by atoms with Crippen molar-refractivity contribution >= 4 is 11.8 Å². The topological polar surface area (TPSA) is 62.6 Å². The highest BCUT2D eigenvalue weighted by atomic mass is 16.3. The smallest absolute Gasteiger partial charge is 0.240 e. The molecule has 0 spiro atoms. The summed E-state index contributed by atoms with van der Waals surface area (Å²) in [5.41, 5.74) is 0. The summed E-state index contributed by atoms with van der Waals surface area (Å²) in [5, 5.41) is 2.73. The Kier molecular flexibility index (Phi) is 6.12. The molecule has 5 heteroatoms. The number of hydrogen-bond donors (Lipinski definition) is 1. The number of nitrogens with one attached hydrogen (secondary N) is 1. The lowest BCUT2D eigenvalue weighted by molar-refractivity contribution is -0.134. The maximum Gasteiger partial charge on any atom is 0.240 e. The SMILES string of the molecule is CC(=O)N(CCC(C)C)CC(=O)NCc1ccco1.